The molecule has 136 valence electrons. The molecule has 2 rings (SSSR count). The van der Waals surface area contributed by atoms with Crippen molar-refractivity contribution in [2.45, 2.75) is 65.2 Å². The van der Waals surface area contributed by atoms with E-state index in [0.29, 0.717) is 0 Å². The van der Waals surface area contributed by atoms with Crippen molar-refractivity contribution in [2.24, 2.45) is 0 Å². The molecule has 1 heteroatoms. The summed E-state index contributed by atoms with van der Waals surface area (Å²) in [6, 6.07) is 18.2. The average molecular weight is 338 g/mol. The highest BCUT2D eigenvalue weighted by atomic mass is 14.8. The third kappa shape index (κ3) is 6.32. The van der Waals surface area contributed by atoms with Crippen molar-refractivity contribution in [3.8, 4) is 0 Å². The molecular weight excluding hydrogens is 302 g/mol. The van der Waals surface area contributed by atoms with Gasteiger partial charge in [-0.15, -0.1) is 0 Å². The first-order valence-corrected chi connectivity index (χ1v) is 9.56. The molecular formula is C24H35N. The summed E-state index contributed by atoms with van der Waals surface area (Å²) in [5, 5.41) is 3.57. The van der Waals surface area contributed by atoms with Crippen LogP contribution >= 0.6 is 0 Å². The molecule has 0 aliphatic heterocycles. The number of hydrogen-bond donors (Lipinski definition) is 1. The molecule has 0 bridgehead atoms. The Hall–Kier alpha value is -1.60. The summed E-state index contributed by atoms with van der Waals surface area (Å²) in [6.07, 6.45) is 2.18. The predicted molar refractivity (Wildman–Crippen MR) is 111 cm³/mol. The normalized spacial score (nSPS) is 12.4. The van der Waals surface area contributed by atoms with Gasteiger partial charge in [-0.25, -0.2) is 0 Å². The molecule has 0 aliphatic carbocycles. The summed E-state index contributed by atoms with van der Waals surface area (Å²) in [6.45, 7) is 15.6. The third-order valence-corrected chi connectivity index (χ3v) is 4.82. The topological polar surface area (TPSA) is 12.0 Å². The van der Waals surface area contributed by atoms with Crippen LogP contribution in [0.1, 0.15) is 63.8 Å². The van der Waals surface area contributed by atoms with Crippen molar-refractivity contribution in [2.75, 3.05) is 13.1 Å². The minimum Gasteiger partial charge on any atom is -0.316 e. The van der Waals surface area contributed by atoms with Crippen molar-refractivity contribution in [3.63, 3.8) is 0 Å². The number of rotatable bonds is 6. The second-order valence-corrected chi connectivity index (χ2v) is 9.14. The molecule has 0 atom stereocenters. The largest absolute Gasteiger partial charge is 0.316 e. The van der Waals surface area contributed by atoms with Gasteiger partial charge in [0, 0.05) is 0 Å². The molecule has 0 amide bonds. The summed E-state index contributed by atoms with van der Waals surface area (Å²) in [4.78, 5) is 0. The molecule has 1 nitrogen and oxygen atoms in total. The number of benzene rings is 2. The fourth-order valence-electron chi connectivity index (χ4n) is 2.93. The van der Waals surface area contributed by atoms with Gasteiger partial charge in [0.1, 0.15) is 0 Å². The van der Waals surface area contributed by atoms with E-state index >= 15 is 0 Å². The second-order valence-electron chi connectivity index (χ2n) is 9.14. The van der Waals surface area contributed by atoms with Crippen LogP contribution in [0.4, 0.5) is 0 Å². The lowest BCUT2D eigenvalue weighted by molar-refractivity contribution is 0.589. The predicted octanol–water partition coefficient (Wildman–Crippen LogP) is 5.66. The summed E-state index contributed by atoms with van der Waals surface area (Å²) in [7, 11) is 0. The van der Waals surface area contributed by atoms with E-state index in [-0.39, 0.29) is 10.8 Å². The van der Waals surface area contributed by atoms with E-state index in [1.165, 1.54) is 22.3 Å². The Morgan fingerprint density at radius 3 is 1.16 bits per heavy atom. The highest BCUT2D eigenvalue weighted by molar-refractivity contribution is 5.28. The molecule has 0 spiro atoms. The first-order valence-electron chi connectivity index (χ1n) is 9.56. The van der Waals surface area contributed by atoms with Crippen LogP contribution in [-0.2, 0) is 23.7 Å². The van der Waals surface area contributed by atoms with Crippen LogP contribution in [0, 0.1) is 0 Å². The van der Waals surface area contributed by atoms with E-state index in [0.717, 1.165) is 25.9 Å². The Morgan fingerprint density at radius 1 is 0.560 bits per heavy atom. The van der Waals surface area contributed by atoms with Crippen LogP contribution in [0.2, 0.25) is 0 Å². The molecule has 0 unspecified atom stereocenters. The summed E-state index contributed by atoms with van der Waals surface area (Å²) < 4.78 is 0. The van der Waals surface area contributed by atoms with Crippen molar-refractivity contribution in [1.82, 2.24) is 5.32 Å². The quantitative estimate of drug-likeness (QED) is 0.671. The lowest BCUT2D eigenvalue weighted by Crippen LogP contribution is -2.20. The molecule has 1 N–H and O–H groups in total. The zero-order valence-corrected chi connectivity index (χ0v) is 16.9. The van der Waals surface area contributed by atoms with Gasteiger partial charge in [-0.3, -0.25) is 0 Å². The Labute approximate surface area is 154 Å². The third-order valence-electron chi connectivity index (χ3n) is 4.82. The first kappa shape index (κ1) is 19.7. The first-order chi connectivity index (χ1) is 11.7. The van der Waals surface area contributed by atoms with Crippen molar-refractivity contribution in [1.29, 1.82) is 0 Å². The second kappa shape index (κ2) is 8.19. The van der Waals surface area contributed by atoms with Crippen LogP contribution in [0.25, 0.3) is 0 Å². The van der Waals surface area contributed by atoms with Crippen LogP contribution in [-0.4, -0.2) is 13.1 Å². The minimum absolute atomic E-state index is 0.235. The Balaban J connectivity index is 1.71. The molecule has 0 radical (unpaired) electrons. The van der Waals surface area contributed by atoms with E-state index in [1.54, 1.807) is 0 Å². The maximum atomic E-state index is 3.57. The van der Waals surface area contributed by atoms with E-state index in [9.17, 15) is 0 Å². The van der Waals surface area contributed by atoms with Gasteiger partial charge in [-0.05, 0) is 59.0 Å². The zero-order chi connectivity index (χ0) is 18.5. The van der Waals surface area contributed by atoms with E-state index < -0.39 is 0 Å². The smallest absolute Gasteiger partial charge is 0.000822 e. The summed E-state index contributed by atoms with van der Waals surface area (Å²) in [5.74, 6) is 0. The standard InChI is InChI=1S/C24H35N/c1-23(2,3)21-11-7-19(8-12-21)15-17-25-18-16-20-9-13-22(14-10-20)24(4,5)6/h7-14,25H,15-18H2,1-6H3. The van der Waals surface area contributed by atoms with Gasteiger partial charge < -0.3 is 5.32 Å². The van der Waals surface area contributed by atoms with Gasteiger partial charge in [0.15, 0.2) is 0 Å². The average Bonchev–Trinajstić information content (AvgIpc) is 2.54. The highest BCUT2D eigenvalue weighted by Gasteiger charge is 2.13. The van der Waals surface area contributed by atoms with Crippen LogP contribution in [0.15, 0.2) is 48.5 Å². The molecule has 0 saturated heterocycles. The monoisotopic (exact) mass is 337 g/mol. The highest BCUT2D eigenvalue weighted by Crippen LogP contribution is 2.23. The molecule has 0 fully saturated rings. The molecule has 0 heterocycles. The lowest BCUT2D eigenvalue weighted by atomic mass is 9.86. The maximum Gasteiger partial charge on any atom is -0.000822 e. The van der Waals surface area contributed by atoms with Crippen LogP contribution in [0.5, 0.6) is 0 Å². The van der Waals surface area contributed by atoms with Gasteiger partial charge >= 0.3 is 0 Å². The maximum absolute atomic E-state index is 3.57. The van der Waals surface area contributed by atoms with Crippen molar-refractivity contribution in [3.05, 3.63) is 70.8 Å². The van der Waals surface area contributed by atoms with Gasteiger partial charge in [0.2, 0.25) is 0 Å². The Kier molecular flexibility index (Phi) is 6.46. The van der Waals surface area contributed by atoms with E-state index in [4.69, 9.17) is 0 Å². The van der Waals surface area contributed by atoms with Gasteiger partial charge in [0.25, 0.3) is 0 Å². The van der Waals surface area contributed by atoms with Crippen LogP contribution in [0.3, 0.4) is 0 Å². The van der Waals surface area contributed by atoms with Crippen molar-refractivity contribution < 1.29 is 0 Å². The Bertz CT molecular complexity index is 577. The van der Waals surface area contributed by atoms with E-state index in [1.807, 2.05) is 0 Å². The lowest BCUT2D eigenvalue weighted by Gasteiger charge is -2.19. The summed E-state index contributed by atoms with van der Waals surface area (Å²) >= 11 is 0. The Morgan fingerprint density at radius 2 is 0.880 bits per heavy atom. The molecule has 2 aromatic rings. The zero-order valence-electron chi connectivity index (χ0n) is 16.9. The van der Waals surface area contributed by atoms with Gasteiger partial charge in [-0.1, -0.05) is 90.1 Å². The van der Waals surface area contributed by atoms with E-state index in [2.05, 4.69) is 95.4 Å². The van der Waals surface area contributed by atoms with Crippen molar-refractivity contribution >= 4 is 0 Å². The molecule has 25 heavy (non-hydrogen) atoms. The number of nitrogens with one attached hydrogen (secondary N) is 1. The fourth-order valence-corrected chi connectivity index (χ4v) is 2.93. The summed E-state index contributed by atoms with van der Waals surface area (Å²) in [5.41, 5.74) is 6.11. The van der Waals surface area contributed by atoms with Gasteiger partial charge in [-0.2, -0.15) is 0 Å². The fraction of sp³-hybridized carbons (Fsp3) is 0.500. The molecule has 0 aromatic heterocycles. The SMILES string of the molecule is CC(C)(C)c1ccc(CCNCCc2ccc(C(C)(C)C)cc2)cc1. The molecule has 0 aliphatic rings. The van der Waals surface area contributed by atoms with Gasteiger partial charge in [0.05, 0.1) is 0 Å². The molecule has 2 aromatic carbocycles. The molecule has 0 saturated carbocycles. The minimum atomic E-state index is 0.235. The number of hydrogen-bond acceptors (Lipinski definition) is 1. The van der Waals surface area contributed by atoms with Crippen LogP contribution < -0.4 is 5.32 Å².